The molecule has 1 aromatic carbocycles. The molecule has 0 unspecified atom stereocenters. The van der Waals surface area contributed by atoms with Gasteiger partial charge in [-0.05, 0) is 35.8 Å². The standard InChI is InChI=1S/C18H13ClN4O2S2/c19-12-5-3-11(4-6-12)15-16-17(27-23-15)18(22-10-21-16)26-9-14(24)20-8-13-2-1-7-25-13/h1-7,10H,8-9H2,(H,20,24). The SMILES string of the molecule is O=C(CSc1ncnc2c(-c3ccc(Cl)cc3)nsc12)NCc1ccco1. The normalized spacial score (nSPS) is 11.0. The summed E-state index contributed by atoms with van der Waals surface area (Å²) in [5, 5.41) is 4.23. The van der Waals surface area contributed by atoms with Gasteiger partial charge in [-0.1, -0.05) is 35.5 Å². The van der Waals surface area contributed by atoms with Crippen LogP contribution in [0.4, 0.5) is 0 Å². The molecule has 136 valence electrons. The van der Waals surface area contributed by atoms with Crippen molar-refractivity contribution in [2.45, 2.75) is 11.6 Å². The molecule has 4 aromatic rings. The van der Waals surface area contributed by atoms with Crippen molar-refractivity contribution in [3.05, 3.63) is 59.8 Å². The zero-order valence-corrected chi connectivity index (χ0v) is 16.3. The van der Waals surface area contributed by atoms with Crippen LogP contribution in [0, 0.1) is 0 Å². The lowest BCUT2D eigenvalue weighted by atomic mass is 10.1. The molecule has 0 saturated heterocycles. The molecule has 0 bridgehead atoms. The van der Waals surface area contributed by atoms with Gasteiger partial charge in [0.1, 0.15) is 33.0 Å². The van der Waals surface area contributed by atoms with Crippen LogP contribution in [0.3, 0.4) is 0 Å². The zero-order chi connectivity index (χ0) is 18.6. The van der Waals surface area contributed by atoms with Gasteiger partial charge in [0.15, 0.2) is 0 Å². The first-order chi connectivity index (χ1) is 13.2. The Bertz CT molecular complexity index is 1060. The fraction of sp³-hybridized carbons (Fsp3) is 0.111. The monoisotopic (exact) mass is 416 g/mol. The molecular weight excluding hydrogens is 404 g/mol. The Kier molecular flexibility index (Phi) is 5.38. The van der Waals surface area contributed by atoms with Gasteiger partial charge in [-0.2, -0.15) is 4.37 Å². The van der Waals surface area contributed by atoms with Crippen molar-refractivity contribution in [3.8, 4) is 11.3 Å². The molecule has 0 spiro atoms. The summed E-state index contributed by atoms with van der Waals surface area (Å²) in [7, 11) is 0. The summed E-state index contributed by atoms with van der Waals surface area (Å²) < 4.78 is 10.6. The molecule has 0 fully saturated rings. The third-order valence-electron chi connectivity index (χ3n) is 3.72. The van der Waals surface area contributed by atoms with Crippen molar-refractivity contribution >= 4 is 51.0 Å². The van der Waals surface area contributed by atoms with Crippen molar-refractivity contribution in [3.63, 3.8) is 0 Å². The Balaban J connectivity index is 1.48. The first-order valence-electron chi connectivity index (χ1n) is 7.99. The lowest BCUT2D eigenvalue weighted by Crippen LogP contribution is -2.24. The van der Waals surface area contributed by atoms with Gasteiger partial charge in [0, 0.05) is 10.6 Å². The van der Waals surface area contributed by atoms with E-state index in [0.717, 1.165) is 26.5 Å². The molecule has 4 rings (SSSR count). The number of carbonyl (C=O) groups is 1. The summed E-state index contributed by atoms with van der Waals surface area (Å²) in [6.07, 6.45) is 3.08. The van der Waals surface area contributed by atoms with Gasteiger partial charge < -0.3 is 9.73 Å². The number of hydrogen-bond donors (Lipinski definition) is 1. The van der Waals surface area contributed by atoms with E-state index in [9.17, 15) is 4.79 Å². The molecule has 0 atom stereocenters. The van der Waals surface area contributed by atoms with Crippen LogP contribution in [0.15, 0.2) is 58.4 Å². The Morgan fingerprint density at radius 3 is 2.85 bits per heavy atom. The maximum Gasteiger partial charge on any atom is 0.230 e. The number of hydrogen-bond acceptors (Lipinski definition) is 7. The molecule has 3 aromatic heterocycles. The Morgan fingerprint density at radius 2 is 2.07 bits per heavy atom. The fourth-order valence-corrected chi connectivity index (χ4v) is 4.30. The van der Waals surface area contributed by atoms with E-state index in [2.05, 4.69) is 19.7 Å². The molecule has 0 aliphatic carbocycles. The average Bonchev–Trinajstić information content (AvgIpc) is 3.35. The van der Waals surface area contributed by atoms with Crippen LogP contribution in [-0.4, -0.2) is 26.0 Å². The predicted octanol–water partition coefficient (Wildman–Crippen LogP) is 4.41. The van der Waals surface area contributed by atoms with Gasteiger partial charge in [-0.15, -0.1) is 0 Å². The molecule has 0 saturated carbocycles. The summed E-state index contributed by atoms with van der Waals surface area (Å²) in [5.41, 5.74) is 2.51. The molecular formula is C18H13ClN4O2S2. The van der Waals surface area contributed by atoms with Gasteiger partial charge in [0.2, 0.25) is 5.91 Å². The lowest BCUT2D eigenvalue weighted by Gasteiger charge is -2.04. The number of furan rings is 1. The second-order valence-electron chi connectivity index (χ2n) is 5.54. The lowest BCUT2D eigenvalue weighted by molar-refractivity contribution is -0.118. The molecule has 3 heterocycles. The van der Waals surface area contributed by atoms with Crippen LogP contribution in [0.25, 0.3) is 21.5 Å². The molecule has 1 N–H and O–H groups in total. The van der Waals surface area contributed by atoms with Crippen LogP contribution in [0.1, 0.15) is 5.76 Å². The summed E-state index contributed by atoms with van der Waals surface area (Å²) in [6.45, 7) is 0.368. The highest BCUT2D eigenvalue weighted by Gasteiger charge is 2.15. The number of nitrogens with one attached hydrogen (secondary N) is 1. The third kappa shape index (κ3) is 4.13. The van der Waals surface area contributed by atoms with Crippen LogP contribution in [0.2, 0.25) is 5.02 Å². The number of amides is 1. The summed E-state index contributed by atoms with van der Waals surface area (Å²) in [5.74, 6) is 0.875. The summed E-state index contributed by atoms with van der Waals surface area (Å²) in [4.78, 5) is 20.8. The van der Waals surface area contributed by atoms with E-state index in [1.165, 1.54) is 29.6 Å². The predicted molar refractivity (Wildman–Crippen MR) is 107 cm³/mol. The van der Waals surface area contributed by atoms with E-state index in [1.807, 2.05) is 30.3 Å². The van der Waals surface area contributed by atoms with Gasteiger partial charge in [0.25, 0.3) is 0 Å². The van der Waals surface area contributed by atoms with Crippen LogP contribution < -0.4 is 5.32 Å². The van der Waals surface area contributed by atoms with Crippen LogP contribution in [0.5, 0.6) is 0 Å². The molecule has 27 heavy (non-hydrogen) atoms. The number of carbonyl (C=O) groups excluding carboxylic acids is 1. The third-order valence-corrected chi connectivity index (χ3v) is 5.94. The molecule has 6 nitrogen and oxygen atoms in total. The van der Waals surface area contributed by atoms with E-state index < -0.39 is 0 Å². The topological polar surface area (TPSA) is 80.9 Å². The largest absolute Gasteiger partial charge is 0.467 e. The number of rotatable bonds is 6. The molecule has 0 aliphatic rings. The second-order valence-corrected chi connectivity index (χ2v) is 7.71. The van der Waals surface area contributed by atoms with Crippen LogP contribution >= 0.6 is 34.9 Å². The van der Waals surface area contributed by atoms with Gasteiger partial charge in [-0.25, -0.2) is 9.97 Å². The zero-order valence-electron chi connectivity index (χ0n) is 13.9. The maximum atomic E-state index is 12.1. The Morgan fingerprint density at radius 1 is 1.22 bits per heavy atom. The number of fused-ring (bicyclic) bond motifs is 1. The second kappa shape index (κ2) is 8.08. The van der Waals surface area contributed by atoms with Gasteiger partial charge in [0.05, 0.1) is 18.6 Å². The maximum absolute atomic E-state index is 12.1. The number of aromatic nitrogens is 3. The highest BCUT2D eigenvalue weighted by atomic mass is 35.5. The van der Waals surface area contributed by atoms with E-state index in [1.54, 1.807) is 12.3 Å². The number of thioether (sulfide) groups is 1. The molecule has 9 heteroatoms. The minimum absolute atomic E-state index is 0.0920. The van der Waals surface area contributed by atoms with Crippen molar-refractivity contribution in [1.82, 2.24) is 19.7 Å². The first-order valence-corrected chi connectivity index (χ1v) is 10.1. The fourth-order valence-electron chi connectivity index (χ4n) is 2.43. The van der Waals surface area contributed by atoms with Crippen molar-refractivity contribution in [1.29, 1.82) is 0 Å². The highest BCUT2D eigenvalue weighted by molar-refractivity contribution is 8.00. The van der Waals surface area contributed by atoms with Gasteiger partial charge in [-0.3, -0.25) is 4.79 Å². The van der Waals surface area contributed by atoms with Crippen molar-refractivity contribution in [2.24, 2.45) is 0 Å². The minimum Gasteiger partial charge on any atom is -0.467 e. The Hall–Kier alpha value is -2.42. The quantitative estimate of drug-likeness (QED) is 0.370. The average molecular weight is 417 g/mol. The smallest absolute Gasteiger partial charge is 0.230 e. The molecule has 0 radical (unpaired) electrons. The van der Waals surface area contributed by atoms with Gasteiger partial charge >= 0.3 is 0 Å². The minimum atomic E-state index is -0.0920. The van der Waals surface area contributed by atoms with Crippen molar-refractivity contribution in [2.75, 3.05) is 5.75 Å². The highest BCUT2D eigenvalue weighted by Crippen LogP contribution is 2.34. The summed E-state index contributed by atoms with van der Waals surface area (Å²) >= 11 is 8.64. The number of benzene rings is 1. The molecule has 0 aliphatic heterocycles. The molecule has 1 amide bonds. The van der Waals surface area contributed by atoms with Crippen LogP contribution in [-0.2, 0) is 11.3 Å². The van der Waals surface area contributed by atoms with E-state index in [0.29, 0.717) is 17.3 Å². The van der Waals surface area contributed by atoms with Crippen molar-refractivity contribution < 1.29 is 9.21 Å². The van der Waals surface area contributed by atoms with E-state index >= 15 is 0 Å². The van der Waals surface area contributed by atoms with E-state index in [4.69, 9.17) is 16.0 Å². The first kappa shape index (κ1) is 18.0. The number of nitrogens with zero attached hydrogens (tertiary/aromatic N) is 3. The Labute approximate surface area is 168 Å². The van der Waals surface area contributed by atoms with E-state index in [-0.39, 0.29) is 11.7 Å². The summed E-state index contributed by atoms with van der Waals surface area (Å²) in [6, 6.07) is 11.1. The number of halogens is 1.